The summed E-state index contributed by atoms with van der Waals surface area (Å²) < 4.78 is 6.52. The van der Waals surface area contributed by atoms with Crippen molar-refractivity contribution in [1.82, 2.24) is 0 Å². The summed E-state index contributed by atoms with van der Waals surface area (Å²) in [5.41, 5.74) is 6.04. The zero-order valence-electron chi connectivity index (χ0n) is 12.4. The lowest BCUT2D eigenvalue weighted by molar-refractivity contribution is 0.410. The highest BCUT2D eigenvalue weighted by molar-refractivity contribution is 9.10. The molecule has 0 fully saturated rings. The average Bonchev–Trinajstić information content (AvgIpc) is 2.37. The first-order valence-corrected chi connectivity index (χ1v) is 7.44. The Labute approximate surface area is 129 Å². The van der Waals surface area contributed by atoms with Crippen molar-refractivity contribution in [1.29, 1.82) is 0 Å². The molecule has 0 radical (unpaired) electrons. The van der Waals surface area contributed by atoms with Gasteiger partial charge in [-0.05, 0) is 60.0 Å². The fraction of sp³-hybridized carbons (Fsp3) is 0.294. The van der Waals surface area contributed by atoms with Crippen LogP contribution in [0.1, 0.15) is 22.3 Å². The maximum atomic E-state index is 5.42. The first-order chi connectivity index (χ1) is 9.51. The number of rotatable bonds is 4. The highest BCUT2D eigenvalue weighted by Gasteiger charge is 2.07. The Bertz CT molecular complexity index is 599. The maximum absolute atomic E-state index is 5.42. The van der Waals surface area contributed by atoms with E-state index in [0.29, 0.717) is 0 Å². The molecule has 2 rings (SSSR count). The van der Waals surface area contributed by atoms with E-state index in [2.05, 4.69) is 66.3 Å². The van der Waals surface area contributed by atoms with Crippen LogP contribution in [0.2, 0.25) is 0 Å². The second-order valence-electron chi connectivity index (χ2n) is 5.11. The van der Waals surface area contributed by atoms with Gasteiger partial charge in [-0.25, -0.2) is 0 Å². The fourth-order valence-electron chi connectivity index (χ4n) is 2.37. The van der Waals surface area contributed by atoms with Crippen LogP contribution in [0.3, 0.4) is 0 Å². The van der Waals surface area contributed by atoms with Gasteiger partial charge in [0.2, 0.25) is 0 Å². The van der Waals surface area contributed by atoms with Crippen molar-refractivity contribution < 1.29 is 4.74 Å². The van der Waals surface area contributed by atoms with Gasteiger partial charge in [0.05, 0.1) is 12.8 Å². The number of methoxy groups -OCH3 is 1. The van der Waals surface area contributed by atoms with Gasteiger partial charge in [-0.15, -0.1) is 0 Å². The lowest BCUT2D eigenvalue weighted by Crippen LogP contribution is -2.04. The second kappa shape index (κ2) is 6.31. The van der Waals surface area contributed by atoms with Crippen molar-refractivity contribution in [3.8, 4) is 5.75 Å². The molecule has 0 saturated heterocycles. The van der Waals surface area contributed by atoms with Crippen molar-refractivity contribution in [2.24, 2.45) is 0 Å². The van der Waals surface area contributed by atoms with Crippen LogP contribution in [0, 0.1) is 20.8 Å². The van der Waals surface area contributed by atoms with Gasteiger partial charge >= 0.3 is 0 Å². The third kappa shape index (κ3) is 3.34. The standard InChI is InChI=1S/C17H20BrNO/c1-11-5-6-16(20-4)14(8-11)10-19-17-13(3)7-12(2)9-15(17)18/h5-9,19H,10H2,1-4H3. The minimum absolute atomic E-state index is 0.743. The van der Waals surface area contributed by atoms with E-state index in [-0.39, 0.29) is 0 Å². The smallest absolute Gasteiger partial charge is 0.123 e. The molecule has 0 atom stereocenters. The first kappa shape index (κ1) is 14.9. The van der Waals surface area contributed by atoms with Crippen molar-refractivity contribution >= 4 is 21.6 Å². The summed E-state index contributed by atoms with van der Waals surface area (Å²) in [6.07, 6.45) is 0. The van der Waals surface area contributed by atoms with Crippen LogP contribution < -0.4 is 10.1 Å². The Morgan fingerprint density at radius 1 is 1.05 bits per heavy atom. The minimum Gasteiger partial charge on any atom is -0.496 e. The number of ether oxygens (including phenoxy) is 1. The predicted octanol–water partition coefficient (Wildman–Crippen LogP) is 5.00. The van der Waals surface area contributed by atoms with Crippen LogP contribution in [-0.2, 0) is 6.54 Å². The molecule has 2 aromatic carbocycles. The summed E-state index contributed by atoms with van der Waals surface area (Å²) in [5.74, 6) is 0.920. The molecule has 0 amide bonds. The van der Waals surface area contributed by atoms with E-state index >= 15 is 0 Å². The number of aryl methyl sites for hydroxylation is 3. The molecule has 0 bridgehead atoms. The minimum atomic E-state index is 0.743. The first-order valence-electron chi connectivity index (χ1n) is 6.65. The molecule has 0 aromatic heterocycles. The number of benzene rings is 2. The van der Waals surface area contributed by atoms with E-state index in [1.807, 2.05) is 6.07 Å². The largest absolute Gasteiger partial charge is 0.496 e. The molecule has 1 N–H and O–H groups in total. The van der Waals surface area contributed by atoms with Gasteiger partial charge in [0.15, 0.2) is 0 Å². The summed E-state index contributed by atoms with van der Waals surface area (Å²) in [5, 5.41) is 3.50. The molecule has 2 nitrogen and oxygen atoms in total. The molecule has 20 heavy (non-hydrogen) atoms. The Morgan fingerprint density at radius 3 is 2.45 bits per heavy atom. The topological polar surface area (TPSA) is 21.3 Å². The number of hydrogen-bond donors (Lipinski definition) is 1. The molecule has 3 heteroatoms. The van der Waals surface area contributed by atoms with Gasteiger partial charge in [-0.2, -0.15) is 0 Å². The Balaban J connectivity index is 2.23. The van der Waals surface area contributed by atoms with E-state index in [0.717, 1.165) is 22.5 Å². The van der Waals surface area contributed by atoms with Crippen molar-refractivity contribution in [2.75, 3.05) is 12.4 Å². The number of hydrogen-bond acceptors (Lipinski definition) is 2. The van der Waals surface area contributed by atoms with E-state index < -0.39 is 0 Å². The third-order valence-electron chi connectivity index (χ3n) is 3.32. The lowest BCUT2D eigenvalue weighted by atomic mass is 10.1. The van der Waals surface area contributed by atoms with E-state index in [1.54, 1.807) is 7.11 Å². The highest BCUT2D eigenvalue weighted by Crippen LogP contribution is 2.29. The van der Waals surface area contributed by atoms with Gasteiger partial charge in [-0.3, -0.25) is 0 Å². The quantitative estimate of drug-likeness (QED) is 0.850. The number of halogens is 1. The van der Waals surface area contributed by atoms with Crippen molar-refractivity contribution in [3.63, 3.8) is 0 Å². The van der Waals surface area contributed by atoms with Crippen LogP contribution in [-0.4, -0.2) is 7.11 Å². The molecule has 106 valence electrons. The summed E-state index contributed by atoms with van der Waals surface area (Å²) >= 11 is 3.63. The molecule has 0 aliphatic carbocycles. The molecule has 0 unspecified atom stereocenters. The summed E-state index contributed by atoms with van der Waals surface area (Å²) in [6, 6.07) is 10.5. The molecule has 0 saturated carbocycles. The molecule has 0 aliphatic rings. The monoisotopic (exact) mass is 333 g/mol. The summed E-state index contributed by atoms with van der Waals surface area (Å²) in [6.45, 7) is 7.06. The van der Waals surface area contributed by atoms with Gasteiger partial charge in [0.25, 0.3) is 0 Å². The summed E-state index contributed by atoms with van der Waals surface area (Å²) in [4.78, 5) is 0. The average molecular weight is 334 g/mol. The molecule has 0 spiro atoms. The number of anilines is 1. The van der Waals surface area contributed by atoms with Gasteiger partial charge < -0.3 is 10.1 Å². The zero-order chi connectivity index (χ0) is 14.7. The highest BCUT2D eigenvalue weighted by atomic mass is 79.9. The Morgan fingerprint density at radius 2 is 1.80 bits per heavy atom. The van der Waals surface area contributed by atoms with Crippen molar-refractivity contribution in [2.45, 2.75) is 27.3 Å². The van der Waals surface area contributed by atoms with Gasteiger partial charge in [0, 0.05) is 16.6 Å². The van der Waals surface area contributed by atoms with Crippen molar-refractivity contribution in [3.05, 3.63) is 57.1 Å². The van der Waals surface area contributed by atoms with Gasteiger partial charge in [-0.1, -0.05) is 23.8 Å². The van der Waals surface area contributed by atoms with Crippen LogP contribution in [0.15, 0.2) is 34.8 Å². The van der Waals surface area contributed by atoms with Crippen LogP contribution in [0.25, 0.3) is 0 Å². The zero-order valence-corrected chi connectivity index (χ0v) is 14.0. The van der Waals surface area contributed by atoms with Crippen LogP contribution in [0.4, 0.5) is 5.69 Å². The molecule has 2 aromatic rings. The van der Waals surface area contributed by atoms with Crippen LogP contribution >= 0.6 is 15.9 Å². The normalized spacial score (nSPS) is 10.4. The predicted molar refractivity (Wildman–Crippen MR) is 88.7 cm³/mol. The molecular formula is C17H20BrNO. The molecule has 0 aliphatic heterocycles. The SMILES string of the molecule is COc1ccc(C)cc1CNc1c(C)cc(C)cc1Br. The van der Waals surface area contributed by atoms with Gasteiger partial charge in [0.1, 0.15) is 5.75 Å². The fourth-order valence-corrected chi connectivity index (χ4v) is 3.18. The second-order valence-corrected chi connectivity index (χ2v) is 5.96. The van der Waals surface area contributed by atoms with E-state index in [9.17, 15) is 0 Å². The number of nitrogens with one attached hydrogen (secondary N) is 1. The maximum Gasteiger partial charge on any atom is 0.123 e. The van der Waals surface area contributed by atoms with E-state index in [1.165, 1.54) is 22.3 Å². The Hall–Kier alpha value is -1.48. The lowest BCUT2D eigenvalue weighted by Gasteiger charge is -2.15. The molecule has 0 heterocycles. The van der Waals surface area contributed by atoms with E-state index in [4.69, 9.17) is 4.74 Å². The Kier molecular flexibility index (Phi) is 4.71. The van der Waals surface area contributed by atoms with Crippen LogP contribution in [0.5, 0.6) is 5.75 Å². The summed E-state index contributed by atoms with van der Waals surface area (Å²) in [7, 11) is 1.71. The third-order valence-corrected chi connectivity index (χ3v) is 3.95. The molecular weight excluding hydrogens is 314 g/mol.